The molecule has 6 heteroatoms. The predicted molar refractivity (Wildman–Crippen MR) is 99.6 cm³/mol. The van der Waals surface area contributed by atoms with Gasteiger partial charge in [0.25, 0.3) is 6.43 Å². The summed E-state index contributed by atoms with van der Waals surface area (Å²) in [5.74, 6) is 0.583. The smallest absolute Gasteiger partial charge is 0.411 e. The second kappa shape index (κ2) is 7.94. The zero-order valence-electron chi connectivity index (χ0n) is 15.6. The van der Waals surface area contributed by atoms with Crippen molar-refractivity contribution in [3.05, 3.63) is 58.1 Å². The average molecular weight is 375 g/mol. The number of hydrogen-bond acceptors (Lipinski definition) is 3. The number of amides is 1. The number of rotatable bonds is 6. The van der Waals surface area contributed by atoms with E-state index in [2.05, 4.69) is 10.1 Å². The highest BCUT2D eigenvalue weighted by Crippen LogP contribution is 2.43. The maximum absolute atomic E-state index is 13.4. The number of carbonyl (C=O) groups excluding carboxylic acids is 1. The van der Waals surface area contributed by atoms with Crippen LogP contribution in [0.1, 0.15) is 53.0 Å². The molecule has 1 aliphatic carbocycles. The maximum atomic E-state index is 13.4. The molecule has 1 N–H and O–H groups in total. The van der Waals surface area contributed by atoms with Crippen LogP contribution in [-0.2, 0) is 11.3 Å². The Hall–Kier alpha value is -2.63. The lowest BCUT2D eigenvalue weighted by atomic mass is 10.0. The van der Waals surface area contributed by atoms with E-state index in [1.165, 1.54) is 13.2 Å². The van der Waals surface area contributed by atoms with Crippen LogP contribution >= 0.6 is 0 Å². The van der Waals surface area contributed by atoms with Gasteiger partial charge in [-0.3, -0.25) is 5.32 Å². The monoisotopic (exact) mass is 375 g/mol. The van der Waals surface area contributed by atoms with Crippen LogP contribution in [0.15, 0.2) is 30.3 Å². The number of nitrogens with one attached hydrogen (secondary N) is 1. The minimum absolute atomic E-state index is 0.0915. The minimum Gasteiger partial charge on any atom is -0.488 e. The van der Waals surface area contributed by atoms with Gasteiger partial charge in [0.1, 0.15) is 12.4 Å². The topological polar surface area (TPSA) is 47.6 Å². The molecule has 4 nitrogen and oxygen atoms in total. The highest BCUT2D eigenvalue weighted by atomic mass is 19.3. The second-order valence-electron chi connectivity index (χ2n) is 6.83. The lowest BCUT2D eigenvalue weighted by molar-refractivity contribution is 0.144. The number of benzene rings is 2. The first-order valence-electron chi connectivity index (χ1n) is 8.89. The van der Waals surface area contributed by atoms with E-state index in [0.717, 1.165) is 35.1 Å². The van der Waals surface area contributed by atoms with Crippen molar-refractivity contribution in [2.75, 3.05) is 12.4 Å². The minimum atomic E-state index is -2.62. The first-order valence-corrected chi connectivity index (χ1v) is 8.89. The molecule has 0 aliphatic heterocycles. The fourth-order valence-electron chi connectivity index (χ4n) is 3.08. The Morgan fingerprint density at radius 2 is 1.93 bits per heavy atom. The Balaban J connectivity index is 1.91. The predicted octanol–water partition coefficient (Wildman–Crippen LogP) is 5.88. The molecular weight excluding hydrogens is 352 g/mol. The van der Waals surface area contributed by atoms with Crippen LogP contribution < -0.4 is 10.1 Å². The van der Waals surface area contributed by atoms with Crippen molar-refractivity contribution in [2.45, 2.75) is 45.6 Å². The van der Waals surface area contributed by atoms with E-state index in [-0.39, 0.29) is 17.9 Å². The van der Waals surface area contributed by atoms with Crippen LogP contribution in [-0.4, -0.2) is 13.2 Å². The Bertz CT molecular complexity index is 848. The molecule has 1 fully saturated rings. The first-order chi connectivity index (χ1) is 12.9. The summed E-state index contributed by atoms with van der Waals surface area (Å²) in [6.45, 7) is 3.75. The van der Waals surface area contributed by atoms with E-state index in [4.69, 9.17) is 4.74 Å². The van der Waals surface area contributed by atoms with Crippen molar-refractivity contribution in [2.24, 2.45) is 0 Å². The number of ether oxygens (including phenoxy) is 2. The van der Waals surface area contributed by atoms with Gasteiger partial charge in [-0.15, -0.1) is 0 Å². The normalized spacial score (nSPS) is 13.6. The van der Waals surface area contributed by atoms with Gasteiger partial charge < -0.3 is 9.47 Å². The van der Waals surface area contributed by atoms with Gasteiger partial charge >= 0.3 is 6.09 Å². The van der Waals surface area contributed by atoms with Gasteiger partial charge in [0.05, 0.1) is 18.4 Å². The zero-order chi connectivity index (χ0) is 19.6. The maximum Gasteiger partial charge on any atom is 0.411 e. The lowest BCUT2D eigenvalue weighted by Crippen LogP contribution is -2.14. The molecule has 2 aromatic rings. The van der Waals surface area contributed by atoms with Crippen LogP contribution in [0.3, 0.4) is 0 Å². The molecule has 0 heterocycles. The first kappa shape index (κ1) is 19.1. The molecule has 0 unspecified atom stereocenters. The van der Waals surface area contributed by atoms with Gasteiger partial charge in [-0.25, -0.2) is 13.6 Å². The fourth-order valence-corrected chi connectivity index (χ4v) is 3.08. The van der Waals surface area contributed by atoms with E-state index >= 15 is 0 Å². The summed E-state index contributed by atoms with van der Waals surface area (Å²) in [7, 11) is 1.29. The van der Waals surface area contributed by atoms with Crippen molar-refractivity contribution < 1.29 is 23.0 Å². The van der Waals surface area contributed by atoms with Crippen molar-refractivity contribution in [3.8, 4) is 5.75 Å². The van der Waals surface area contributed by atoms with Gasteiger partial charge in [0.2, 0.25) is 0 Å². The zero-order valence-corrected chi connectivity index (χ0v) is 15.6. The van der Waals surface area contributed by atoms with Crippen molar-refractivity contribution >= 4 is 11.8 Å². The molecule has 0 spiro atoms. The number of methoxy groups -OCH3 is 1. The van der Waals surface area contributed by atoms with Crippen LogP contribution in [0.25, 0.3) is 0 Å². The number of aryl methyl sites for hydroxylation is 2. The molecule has 1 saturated carbocycles. The molecular formula is C21H23F2NO3. The van der Waals surface area contributed by atoms with E-state index in [9.17, 15) is 13.6 Å². The van der Waals surface area contributed by atoms with Crippen LogP contribution in [0.5, 0.6) is 5.75 Å². The van der Waals surface area contributed by atoms with Gasteiger partial charge in [0.15, 0.2) is 0 Å². The molecule has 0 aromatic heterocycles. The summed E-state index contributed by atoms with van der Waals surface area (Å²) in [5, 5.41) is 2.69. The highest BCUT2D eigenvalue weighted by Gasteiger charge is 2.28. The van der Waals surface area contributed by atoms with Crippen molar-refractivity contribution in [1.29, 1.82) is 0 Å². The Labute approximate surface area is 157 Å². The number of alkyl halides is 2. The summed E-state index contributed by atoms with van der Waals surface area (Å²) in [5.41, 5.74) is 4.01. The quantitative estimate of drug-likeness (QED) is 0.686. The number of halogens is 2. The second-order valence-corrected chi connectivity index (χ2v) is 6.83. The van der Waals surface area contributed by atoms with Gasteiger partial charge in [-0.1, -0.05) is 12.1 Å². The van der Waals surface area contributed by atoms with Crippen LogP contribution in [0.4, 0.5) is 19.3 Å². The summed E-state index contributed by atoms with van der Waals surface area (Å²) in [4.78, 5) is 11.7. The largest absolute Gasteiger partial charge is 0.488 e. The molecule has 144 valence electrons. The summed E-state index contributed by atoms with van der Waals surface area (Å²) >= 11 is 0. The molecule has 27 heavy (non-hydrogen) atoms. The Morgan fingerprint density at radius 3 is 2.56 bits per heavy atom. The van der Waals surface area contributed by atoms with Crippen molar-refractivity contribution in [3.63, 3.8) is 0 Å². The Morgan fingerprint density at radius 1 is 1.22 bits per heavy atom. The van der Waals surface area contributed by atoms with E-state index < -0.39 is 12.5 Å². The highest BCUT2D eigenvalue weighted by molar-refractivity contribution is 5.86. The summed E-state index contributed by atoms with van der Waals surface area (Å²) in [6.07, 6.45) is -1.06. The molecule has 0 bridgehead atoms. The van der Waals surface area contributed by atoms with Crippen molar-refractivity contribution in [1.82, 2.24) is 0 Å². The molecule has 3 rings (SSSR count). The van der Waals surface area contributed by atoms with Crippen LogP contribution in [0.2, 0.25) is 0 Å². The molecule has 0 saturated heterocycles. The van der Waals surface area contributed by atoms with E-state index in [1.54, 1.807) is 19.1 Å². The molecule has 0 atom stereocenters. The Kier molecular flexibility index (Phi) is 5.63. The lowest BCUT2D eigenvalue weighted by Gasteiger charge is -2.18. The third kappa shape index (κ3) is 4.38. The molecule has 1 aliphatic rings. The molecule has 2 aromatic carbocycles. The van der Waals surface area contributed by atoms with Crippen LogP contribution in [0, 0.1) is 13.8 Å². The van der Waals surface area contributed by atoms with Gasteiger partial charge in [-0.05, 0) is 67.5 Å². The number of hydrogen-bond donors (Lipinski definition) is 1. The third-order valence-corrected chi connectivity index (χ3v) is 4.88. The standard InChI is InChI=1S/C21H23F2NO3/c1-12-9-16(20(22)23)19(10-13(12)2)27-11-17-15(14-7-8-14)5-4-6-18(17)24-21(25)26-3/h4-6,9-10,14,20H,7-8,11H2,1-3H3,(H,24,25). The van der Waals surface area contributed by atoms with E-state index in [1.807, 2.05) is 19.1 Å². The average Bonchev–Trinajstić information content (AvgIpc) is 3.47. The SMILES string of the molecule is COC(=O)Nc1cccc(C2CC2)c1COc1cc(C)c(C)cc1C(F)F. The molecule has 1 amide bonds. The van der Waals surface area contributed by atoms with Gasteiger partial charge in [0, 0.05) is 5.56 Å². The van der Waals surface area contributed by atoms with E-state index in [0.29, 0.717) is 11.6 Å². The third-order valence-electron chi connectivity index (χ3n) is 4.88. The number of anilines is 1. The van der Waals surface area contributed by atoms with Gasteiger partial charge in [-0.2, -0.15) is 0 Å². The summed E-state index contributed by atoms with van der Waals surface area (Å²) in [6, 6.07) is 8.73. The fraction of sp³-hybridized carbons (Fsp3) is 0.381. The molecule has 0 radical (unpaired) electrons. The number of carbonyl (C=O) groups is 1. The summed E-state index contributed by atoms with van der Waals surface area (Å²) < 4.78 is 37.4.